The van der Waals surface area contributed by atoms with Crippen molar-refractivity contribution >= 4 is 53.6 Å². The highest BCUT2D eigenvalue weighted by Gasteiger charge is 2.31. The molecule has 0 unspecified atom stereocenters. The van der Waals surface area contributed by atoms with Crippen LogP contribution < -0.4 is 48.7 Å². The van der Waals surface area contributed by atoms with Crippen molar-refractivity contribution in [2.24, 2.45) is 28.3 Å². The SMILES string of the molecule is CC(=O)N[C@@H](Cc1ccccc1)C(=O)N[C@@H](Cc1cnc[nH]1)C(=O)N[C@@H](CC(C)C)C(=O)NCC(=O)N[C@@H](CC(C)C)C(=O)N[C@@H](C)C(=O)N[C@H](C=O)CCCN=C(N)N. The molecular formula is C40H62N12O8. The van der Waals surface area contributed by atoms with Gasteiger partial charge in [0, 0.05) is 38.2 Å². The third-order valence-corrected chi connectivity index (χ3v) is 8.92. The van der Waals surface area contributed by atoms with E-state index in [0.717, 1.165) is 5.56 Å². The topological polar surface area (TPSA) is 314 Å². The smallest absolute Gasteiger partial charge is 0.243 e. The number of guanidine groups is 1. The largest absolute Gasteiger partial charge is 0.370 e. The van der Waals surface area contributed by atoms with Gasteiger partial charge in [-0.05, 0) is 50.0 Å². The maximum atomic E-state index is 13.8. The maximum absolute atomic E-state index is 13.8. The van der Waals surface area contributed by atoms with E-state index in [4.69, 9.17) is 11.5 Å². The summed E-state index contributed by atoms with van der Waals surface area (Å²) in [5.74, 6) is -4.64. The number of H-pyrrole nitrogens is 1. The highest BCUT2D eigenvalue weighted by Crippen LogP contribution is 2.10. The van der Waals surface area contributed by atoms with Gasteiger partial charge < -0.3 is 58.5 Å². The number of nitrogens with one attached hydrogen (secondary N) is 8. The van der Waals surface area contributed by atoms with Crippen molar-refractivity contribution in [1.82, 2.24) is 47.2 Å². The van der Waals surface area contributed by atoms with Crippen LogP contribution in [0.15, 0.2) is 47.8 Å². The van der Waals surface area contributed by atoms with Crippen molar-refractivity contribution in [2.45, 2.75) is 116 Å². The maximum Gasteiger partial charge on any atom is 0.243 e. The van der Waals surface area contributed by atoms with Crippen LogP contribution in [-0.4, -0.2) is 113 Å². The third-order valence-electron chi connectivity index (χ3n) is 8.92. The molecule has 0 spiro atoms. The fourth-order valence-corrected chi connectivity index (χ4v) is 6.00. The van der Waals surface area contributed by atoms with Crippen LogP contribution in [0.3, 0.4) is 0 Å². The second-order valence-electron chi connectivity index (χ2n) is 15.4. The predicted molar refractivity (Wildman–Crippen MR) is 223 cm³/mol. The third kappa shape index (κ3) is 19.4. The summed E-state index contributed by atoms with van der Waals surface area (Å²) in [7, 11) is 0. The lowest BCUT2D eigenvalue weighted by Gasteiger charge is -2.26. The van der Waals surface area contributed by atoms with Crippen LogP contribution in [-0.2, 0) is 51.2 Å². The monoisotopic (exact) mass is 838 g/mol. The first-order valence-electron chi connectivity index (χ1n) is 20.0. The Morgan fingerprint density at radius 2 is 1.32 bits per heavy atom. The van der Waals surface area contributed by atoms with Crippen molar-refractivity contribution in [2.75, 3.05) is 13.1 Å². The van der Waals surface area contributed by atoms with Gasteiger partial charge in [0.15, 0.2) is 5.96 Å². The minimum Gasteiger partial charge on any atom is -0.370 e. The summed E-state index contributed by atoms with van der Waals surface area (Å²) in [5, 5.41) is 18.3. The molecule has 0 aliphatic rings. The highest BCUT2D eigenvalue weighted by molar-refractivity contribution is 5.96. The molecule has 0 saturated heterocycles. The number of aromatic nitrogens is 2. The molecule has 0 saturated carbocycles. The molecule has 12 N–H and O–H groups in total. The van der Waals surface area contributed by atoms with E-state index in [1.165, 1.54) is 26.4 Å². The summed E-state index contributed by atoms with van der Waals surface area (Å²) in [4.78, 5) is 115. The van der Waals surface area contributed by atoms with Crippen LogP contribution in [0.4, 0.5) is 0 Å². The lowest BCUT2D eigenvalue weighted by atomic mass is 10.0. The number of amides is 7. The molecule has 7 amide bonds. The van der Waals surface area contributed by atoms with Crippen molar-refractivity contribution in [1.29, 1.82) is 0 Å². The molecule has 0 bridgehead atoms. The van der Waals surface area contributed by atoms with Crippen molar-refractivity contribution in [3.8, 4) is 0 Å². The molecule has 1 aromatic carbocycles. The number of carbonyl (C=O) groups is 8. The molecule has 0 aliphatic heterocycles. The minimum absolute atomic E-state index is 0.0218. The van der Waals surface area contributed by atoms with Gasteiger partial charge in [-0.15, -0.1) is 0 Å². The van der Waals surface area contributed by atoms with E-state index in [1.807, 2.05) is 45.9 Å². The van der Waals surface area contributed by atoms with Gasteiger partial charge in [0.1, 0.15) is 36.5 Å². The van der Waals surface area contributed by atoms with Crippen LogP contribution in [0.5, 0.6) is 0 Å². The van der Waals surface area contributed by atoms with E-state index in [9.17, 15) is 38.4 Å². The van der Waals surface area contributed by atoms with Gasteiger partial charge in [0.05, 0.1) is 18.9 Å². The second kappa shape index (κ2) is 25.9. The number of carbonyl (C=O) groups excluding carboxylic acids is 8. The van der Waals surface area contributed by atoms with Crippen LogP contribution >= 0.6 is 0 Å². The van der Waals surface area contributed by atoms with Gasteiger partial charge in [-0.1, -0.05) is 58.0 Å². The summed E-state index contributed by atoms with van der Waals surface area (Å²) in [6.07, 6.45) is 4.68. The van der Waals surface area contributed by atoms with Crippen LogP contribution in [0, 0.1) is 11.8 Å². The van der Waals surface area contributed by atoms with E-state index < -0.39 is 84.1 Å². The molecule has 1 heterocycles. The Labute approximate surface area is 350 Å². The molecule has 20 heteroatoms. The molecule has 2 aromatic rings. The molecule has 0 radical (unpaired) electrons. The van der Waals surface area contributed by atoms with Crippen LogP contribution in [0.1, 0.15) is 78.5 Å². The Morgan fingerprint density at radius 1 is 0.733 bits per heavy atom. The number of imidazole rings is 1. The number of aliphatic imine (C=N–C) groups is 1. The summed E-state index contributed by atoms with van der Waals surface area (Å²) in [6, 6.07) is 2.73. The average Bonchev–Trinajstić information content (AvgIpc) is 3.70. The van der Waals surface area contributed by atoms with Gasteiger partial charge in [-0.2, -0.15) is 0 Å². The summed E-state index contributed by atoms with van der Waals surface area (Å²) < 4.78 is 0. The average molecular weight is 839 g/mol. The van der Waals surface area contributed by atoms with E-state index in [1.54, 1.807) is 12.1 Å². The van der Waals surface area contributed by atoms with Gasteiger partial charge in [-0.25, -0.2) is 4.98 Å². The van der Waals surface area contributed by atoms with Gasteiger partial charge in [-0.3, -0.25) is 38.6 Å². The zero-order chi connectivity index (χ0) is 44.8. The van der Waals surface area contributed by atoms with Crippen molar-refractivity contribution in [3.05, 3.63) is 54.1 Å². The van der Waals surface area contributed by atoms with Crippen molar-refractivity contribution < 1.29 is 38.4 Å². The first-order valence-corrected chi connectivity index (χ1v) is 20.0. The summed E-state index contributed by atoms with van der Waals surface area (Å²) in [5.41, 5.74) is 11.9. The quantitative estimate of drug-likeness (QED) is 0.0228. The van der Waals surface area contributed by atoms with E-state index in [-0.39, 0.29) is 56.4 Å². The first kappa shape index (κ1) is 49.8. The molecule has 330 valence electrons. The number of hydrogen-bond donors (Lipinski definition) is 10. The predicted octanol–water partition coefficient (Wildman–Crippen LogP) is -1.40. The van der Waals surface area contributed by atoms with E-state index in [0.29, 0.717) is 18.4 Å². The Bertz CT molecular complexity index is 1750. The zero-order valence-electron chi connectivity index (χ0n) is 35.2. The lowest BCUT2D eigenvalue weighted by Crippen LogP contribution is -2.58. The Morgan fingerprint density at radius 3 is 1.87 bits per heavy atom. The normalized spacial score (nSPS) is 13.9. The number of rotatable bonds is 26. The van der Waals surface area contributed by atoms with Gasteiger partial charge in [0.25, 0.3) is 0 Å². The van der Waals surface area contributed by atoms with Crippen LogP contribution in [0.2, 0.25) is 0 Å². The highest BCUT2D eigenvalue weighted by atomic mass is 16.2. The number of nitrogens with zero attached hydrogens (tertiary/aromatic N) is 2. The fraction of sp³-hybridized carbons (Fsp3) is 0.550. The lowest BCUT2D eigenvalue weighted by molar-refractivity contribution is -0.134. The molecule has 6 atom stereocenters. The Balaban J connectivity index is 2.11. The molecular weight excluding hydrogens is 777 g/mol. The Kier molecular flexibility index (Phi) is 21.5. The molecule has 2 rings (SSSR count). The summed E-state index contributed by atoms with van der Waals surface area (Å²) >= 11 is 0. The number of aldehydes is 1. The number of benzene rings is 1. The standard InChI is InChI=1S/C40H62N12O8/c1-23(2)15-30(51-39(60)33(18-29-19-43-22-46-29)52-38(59)32(48-26(6)54)17-27-11-8-7-9-12-27)36(57)45-20-34(55)50-31(16-24(3)4)37(58)47-25(5)35(56)49-28(21-53)13-10-14-44-40(41)42/h7-9,11-12,19,21-25,28,30-33H,10,13-18,20H2,1-6H3,(H,43,46)(H,45,57)(H,47,58)(H,48,54)(H,49,56)(H,50,55)(H,51,60)(H,52,59)(H4,41,42,44)/t25-,28-,30-,31-,32-,33-/m0/s1. The van der Waals surface area contributed by atoms with E-state index >= 15 is 0 Å². The summed E-state index contributed by atoms with van der Waals surface area (Å²) in [6.45, 7) is 9.80. The molecule has 20 nitrogen and oxygen atoms in total. The minimum atomic E-state index is -1.20. The number of hydrogen-bond acceptors (Lipinski definition) is 10. The fourth-order valence-electron chi connectivity index (χ4n) is 6.00. The van der Waals surface area contributed by atoms with Crippen molar-refractivity contribution in [3.63, 3.8) is 0 Å². The molecule has 0 aliphatic carbocycles. The molecule has 0 fully saturated rings. The number of nitrogens with two attached hydrogens (primary N) is 2. The van der Waals surface area contributed by atoms with Gasteiger partial charge >= 0.3 is 0 Å². The van der Waals surface area contributed by atoms with Crippen LogP contribution in [0.25, 0.3) is 0 Å². The second-order valence-corrected chi connectivity index (χ2v) is 15.4. The first-order chi connectivity index (χ1) is 28.4. The number of aromatic amines is 1. The molecule has 60 heavy (non-hydrogen) atoms. The Hall–Kier alpha value is -6.34. The zero-order valence-corrected chi connectivity index (χ0v) is 35.2. The van der Waals surface area contributed by atoms with E-state index in [2.05, 4.69) is 52.2 Å². The molecule has 1 aromatic heterocycles. The van der Waals surface area contributed by atoms with Gasteiger partial charge in [0.2, 0.25) is 41.4 Å².